The van der Waals surface area contributed by atoms with Crippen molar-refractivity contribution in [1.82, 2.24) is 0 Å². The summed E-state index contributed by atoms with van der Waals surface area (Å²) in [5.74, 6) is 0.389. The first-order chi connectivity index (χ1) is 7.10. The van der Waals surface area contributed by atoms with Crippen molar-refractivity contribution in [2.75, 3.05) is 0 Å². The molecule has 3 heteroatoms. The van der Waals surface area contributed by atoms with Crippen LogP contribution in [0.5, 0.6) is 5.75 Å². The lowest BCUT2D eigenvalue weighted by atomic mass is 9.94. The Kier molecular flexibility index (Phi) is 4.33. The molecule has 0 aromatic heterocycles. The summed E-state index contributed by atoms with van der Waals surface area (Å²) in [6.45, 7) is 3.94. The van der Waals surface area contributed by atoms with Crippen LogP contribution < -0.4 is 0 Å². The summed E-state index contributed by atoms with van der Waals surface area (Å²) in [7, 11) is 0. The van der Waals surface area contributed by atoms with Crippen molar-refractivity contribution in [2.24, 2.45) is 0 Å². The lowest BCUT2D eigenvalue weighted by Gasteiger charge is -2.14. The summed E-state index contributed by atoms with van der Waals surface area (Å²) in [6.07, 6.45) is 2.11. The number of benzene rings is 1. The lowest BCUT2D eigenvalue weighted by Crippen LogP contribution is -1.97. The van der Waals surface area contributed by atoms with E-state index in [9.17, 15) is 9.90 Å². The van der Waals surface area contributed by atoms with Crippen LogP contribution in [0.25, 0.3) is 0 Å². The first-order valence-corrected chi connectivity index (χ1v) is 5.84. The number of phenolic OH excluding ortho intramolecular Hbond substituents is 1. The Balaban J connectivity index is 3.16. The molecule has 0 amide bonds. The normalized spacial score (nSPS) is 12.5. The number of hydrogen-bond donors (Lipinski definition) is 1. The molecule has 0 fully saturated rings. The number of aldehydes is 1. The van der Waals surface area contributed by atoms with Gasteiger partial charge in [-0.25, -0.2) is 0 Å². The van der Waals surface area contributed by atoms with Crippen LogP contribution in [0.1, 0.15) is 37.3 Å². The summed E-state index contributed by atoms with van der Waals surface area (Å²) >= 11 is 3.41. The van der Waals surface area contributed by atoms with Gasteiger partial charge in [-0.15, -0.1) is 0 Å². The molecule has 82 valence electrons. The highest BCUT2D eigenvalue weighted by Gasteiger charge is 2.13. The highest BCUT2D eigenvalue weighted by Crippen LogP contribution is 2.33. The maximum Gasteiger partial charge on any atom is 0.122 e. The number of aryl methyl sites for hydroxylation is 1. The van der Waals surface area contributed by atoms with E-state index >= 15 is 0 Å². The highest BCUT2D eigenvalue weighted by atomic mass is 79.9. The fourth-order valence-corrected chi connectivity index (χ4v) is 2.12. The Morgan fingerprint density at radius 2 is 2.20 bits per heavy atom. The molecule has 0 bridgehead atoms. The summed E-state index contributed by atoms with van der Waals surface area (Å²) in [6, 6.07) is 3.79. The molecule has 15 heavy (non-hydrogen) atoms. The Morgan fingerprint density at radius 3 is 2.73 bits per heavy atom. The van der Waals surface area contributed by atoms with Gasteiger partial charge in [0.25, 0.3) is 0 Å². The number of rotatable bonds is 4. The second-order valence-corrected chi connectivity index (χ2v) is 4.58. The van der Waals surface area contributed by atoms with Gasteiger partial charge in [0, 0.05) is 10.9 Å². The maximum absolute atomic E-state index is 10.4. The van der Waals surface area contributed by atoms with Crippen LogP contribution in [-0.2, 0) is 11.2 Å². The second kappa shape index (κ2) is 5.31. The van der Waals surface area contributed by atoms with Crippen LogP contribution in [0.2, 0.25) is 0 Å². The monoisotopic (exact) mass is 270 g/mol. The standard InChI is InChI=1S/C12H15BrO2/c1-3-9-6-10(13)7-11(12(9)15)8(2)4-5-14/h5-8,15H,3-4H2,1-2H3. The van der Waals surface area contributed by atoms with Gasteiger partial charge in [-0.2, -0.15) is 0 Å². The molecule has 0 spiro atoms. The minimum absolute atomic E-state index is 0.0605. The van der Waals surface area contributed by atoms with E-state index in [0.29, 0.717) is 12.2 Å². The van der Waals surface area contributed by atoms with E-state index in [2.05, 4.69) is 15.9 Å². The minimum atomic E-state index is 0.0605. The van der Waals surface area contributed by atoms with Crippen molar-refractivity contribution in [3.63, 3.8) is 0 Å². The van der Waals surface area contributed by atoms with Crippen LogP contribution in [-0.4, -0.2) is 11.4 Å². The number of halogens is 1. The lowest BCUT2D eigenvalue weighted by molar-refractivity contribution is -0.108. The Hall–Kier alpha value is -0.830. The van der Waals surface area contributed by atoms with Crippen molar-refractivity contribution in [3.8, 4) is 5.75 Å². The molecule has 0 aliphatic rings. The molecule has 1 atom stereocenters. The molecule has 0 saturated heterocycles. The van der Waals surface area contributed by atoms with E-state index in [1.807, 2.05) is 26.0 Å². The molecule has 1 N–H and O–H groups in total. The van der Waals surface area contributed by atoms with Crippen LogP contribution in [0.3, 0.4) is 0 Å². The van der Waals surface area contributed by atoms with Crippen molar-refractivity contribution in [3.05, 3.63) is 27.7 Å². The Labute approximate surface area is 98.4 Å². The van der Waals surface area contributed by atoms with Crippen LogP contribution in [0.15, 0.2) is 16.6 Å². The van der Waals surface area contributed by atoms with Gasteiger partial charge in [0.2, 0.25) is 0 Å². The van der Waals surface area contributed by atoms with Crippen LogP contribution in [0.4, 0.5) is 0 Å². The number of hydrogen-bond acceptors (Lipinski definition) is 2. The number of phenols is 1. The molecular formula is C12H15BrO2. The van der Waals surface area contributed by atoms with Crippen molar-refractivity contribution >= 4 is 22.2 Å². The smallest absolute Gasteiger partial charge is 0.122 e. The minimum Gasteiger partial charge on any atom is -0.507 e. The van der Waals surface area contributed by atoms with Crippen molar-refractivity contribution in [2.45, 2.75) is 32.6 Å². The summed E-state index contributed by atoms with van der Waals surface area (Å²) in [4.78, 5) is 10.4. The summed E-state index contributed by atoms with van der Waals surface area (Å²) < 4.78 is 0.949. The van der Waals surface area contributed by atoms with Crippen molar-refractivity contribution in [1.29, 1.82) is 0 Å². The van der Waals surface area contributed by atoms with Crippen molar-refractivity contribution < 1.29 is 9.90 Å². The van der Waals surface area contributed by atoms with E-state index in [1.165, 1.54) is 0 Å². The van der Waals surface area contributed by atoms with Crippen LogP contribution >= 0.6 is 15.9 Å². The number of aromatic hydroxyl groups is 1. The summed E-state index contributed by atoms with van der Waals surface area (Å²) in [5.41, 5.74) is 1.76. The molecule has 0 saturated carbocycles. The Bertz CT molecular complexity index is 361. The molecule has 1 aromatic rings. The van der Waals surface area contributed by atoms with Gasteiger partial charge in [-0.05, 0) is 35.6 Å². The van der Waals surface area contributed by atoms with E-state index in [-0.39, 0.29) is 5.92 Å². The summed E-state index contributed by atoms with van der Waals surface area (Å²) in [5, 5.41) is 9.97. The largest absolute Gasteiger partial charge is 0.507 e. The molecule has 2 nitrogen and oxygen atoms in total. The van der Waals surface area contributed by atoms with E-state index < -0.39 is 0 Å². The average molecular weight is 271 g/mol. The van der Waals surface area contributed by atoms with Gasteiger partial charge < -0.3 is 9.90 Å². The zero-order valence-electron chi connectivity index (χ0n) is 8.96. The van der Waals surface area contributed by atoms with E-state index in [4.69, 9.17) is 0 Å². The fraction of sp³-hybridized carbons (Fsp3) is 0.417. The third kappa shape index (κ3) is 2.81. The second-order valence-electron chi connectivity index (χ2n) is 3.66. The molecule has 0 radical (unpaired) electrons. The number of carbonyl (C=O) groups is 1. The molecular weight excluding hydrogens is 256 g/mol. The predicted octanol–water partition coefficient (Wildman–Crippen LogP) is 3.41. The fourth-order valence-electron chi connectivity index (χ4n) is 1.60. The van der Waals surface area contributed by atoms with E-state index in [1.54, 1.807) is 0 Å². The first kappa shape index (κ1) is 12.2. The molecule has 1 rings (SSSR count). The number of carbonyl (C=O) groups excluding carboxylic acids is 1. The molecule has 0 heterocycles. The molecule has 0 aliphatic heterocycles. The SMILES string of the molecule is CCc1cc(Br)cc(C(C)CC=O)c1O. The van der Waals surface area contributed by atoms with Gasteiger partial charge in [0.15, 0.2) is 0 Å². The highest BCUT2D eigenvalue weighted by molar-refractivity contribution is 9.10. The molecule has 1 aromatic carbocycles. The molecule has 0 aliphatic carbocycles. The third-order valence-corrected chi connectivity index (χ3v) is 3.00. The topological polar surface area (TPSA) is 37.3 Å². The van der Waals surface area contributed by atoms with Gasteiger partial charge in [-0.3, -0.25) is 0 Å². The zero-order valence-corrected chi connectivity index (χ0v) is 10.5. The maximum atomic E-state index is 10.4. The first-order valence-electron chi connectivity index (χ1n) is 5.05. The Morgan fingerprint density at radius 1 is 1.53 bits per heavy atom. The molecule has 1 unspecified atom stereocenters. The zero-order chi connectivity index (χ0) is 11.4. The van der Waals surface area contributed by atoms with Gasteiger partial charge in [0.1, 0.15) is 12.0 Å². The van der Waals surface area contributed by atoms with Gasteiger partial charge in [0.05, 0.1) is 0 Å². The van der Waals surface area contributed by atoms with Gasteiger partial charge >= 0.3 is 0 Å². The third-order valence-electron chi connectivity index (χ3n) is 2.54. The van der Waals surface area contributed by atoms with Gasteiger partial charge in [-0.1, -0.05) is 29.8 Å². The quantitative estimate of drug-likeness (QED) is 0.852. The predicted molar refractivity (Wildman–Crippen MR) is 64.3 cm³/mol. The van der Waals surface area contributed by atoms with Crippen LogP contribution in [0, 0.1) is 0 Å². The van der Waals surface area contributed by atoms with E-state index in [0.717, 1.165) is 28.3 Å². The average Bonchev–Trinajstić information content (AvgIpc) is 2.21.